The number of piperidine rings is 2. The second-order valence-electron chi connectivity index (χ2n) is 11.3. The third-order valence-corrected chi connectivity index (χ3v) is 10.3. The zero-order chi connectivity index (χ0) is 25.6. The van der Waals surface area contributed by atoms with Crippen LogP contribution in [-0.4, -0.2) is 68.5 Å². The topological polar surface area (TPSA) is 61.6 Å². The molecule has 1 N–H and O–H groups in total. The lowest BCUT2D eigenvalue weighted by Gasteiger charge is -2.45. The molecule has 3 fully saturated rings. The highest BCUT2D eigenvalue weighted by atomic mass is 32.2. The third-order valence-electron chi connectivity index (χ3n) is 9.54. The number of carbonyl (C=O) groups is 1. The fourth-order valence-corrected chi connectivity index (χ4v) is 7.95. The first-order valence-corrected chi connectivity index (χ1v) is 15.0. The molecule has 0 aliphatic carbocycles. The third kappa shape index (κ3) is 4.54. The lowest BCUT2D eigenvalue weighted by Crippen LogP contribution is -2.48. The van der Waals surface area contributed by atoms with E-state index < -0.39 is 6.09 Å². The molecule has 3 aliphatic heterocycles. The largest absolute Gasteiger partial charge is 0.465 e. The second kappa shape index (κ2) is 9.99. The summed E-state index contributed by atoms with van der Waals surface area (Å²) in [6.45, 7) is 4.51. The van der Waals surface area contributed by atoms with Gasteiger partial charge in [-0.1, -0.05) is 24.3 Å². The lowest BCUT2D eigenvalue weighted by atomic mass is 9.70. The number of para-hydroxylation sites is 2. The Bertz CT molecular complexity index is 1250. The molecule has 2 aromatic carbocycles. The highest BCUT2D eigenvalue weighted by Crippen LogP contribution is 2.45. The van der Waals surface area contributed by atoms with Crippen LogP contribution in [0.3, 0.4) is 0 Å². The lowest BCUT2D eigenvalue weighted by molar-refractivity contribution is 0.0800. The Labute approximate surface area is 224 Å². The minimum Gasteiger partial charge on any atom is -0.465 e. The zero-order valence-electron chi connectivity index (χ0n) is 22.0. The first kappa shape index (κ1) is 24.8. The summed E-state index contributed by atoms with van der Waals surface area (Å²) in [5, 5.41) is 9.56. The molecule has 2 bridgehead atoms. The molecule has 6 rings (SSSR count). The maximum absolute atomic E-state index is 11.6. The minimum atomic E-state index is -0.784. The Kier molecular flexibility index (Phi) is 6.70. The van der Waals surface area contributed by atoms with Gasteiger partial charge in [-0.15, -0.1) is 11.8 Å². The fourth-order valence-electron chi connectivity index (χ4n) is 7.54. The van der Waals surface area contributed by atoms with Gasteiger partial charge < -0.3 is 14.6 Å². The average Bonchev–Trinajstić information content (AvgIpc) is 3.38. The van der Waals surface area contributed by atoms with E-state index in [1.54, 1.807) is 16.7 Å². The maximum Gasteiger partial charge on any atom is 0.407 e. The number of amides is 1. The number of thioether (sulfide) groups is 1. The molecule has 2 atom stereocenters. The number of benzene rings is 2. The standard InChI is InChI=1S/C30H38N4O2S/c1-21-31-27-5-3-4-6-28(27)34(21)25-19-23-9-10-24(20-25)33(23)18-15-30(13-16-32(17-14-30)29(35)36)22-7-11-26(37-2)12-8-22/h3-8,11-12,23-25H,9-10,13-20H2,1-2H3,(H,35,36). The summed E-state index contributed by atoms with van der Waals surface area (Å²) < 4.78 is 2.51. The predicted molar refractivity (Wildman–Crippen MR) is 150 cm³/mol. The molecular weight excluding hydrogens is 480 g/mol. The Balaban J connectivity index is 1.20. The van der Waals surface area contributed by atoms with Crippen molar-refractivity contribution in [1.82, 2.24) is 19.4 Å². The van der Waals surface area contributed by atoms with E-state index in [2.05, 4.69) is 71.2 Å². The summed E-state index contributed by atoms with van der Waals surface area (Å²) in [6, 6.07) is 19.4. The quantitative estimate of drug-likeness (QED) is 0.386. The van der Waals surface area contributed by atoms with Gasteiger partial charge in [0.1, 0.15) is 5.82 Å². The fraction of sp³-hybridized carbons (Fsp3) is 0.533. The van der Waals surface area contributed by atoms with Crippen molar-refractivity contribution >= 4 is 28.9 Å². The van der Waals surface area contributed by atoms with Gasteiger partial charge in [-0.3, -0.25) is 4.90 Å². The first-order chi connectivity index (χ1) is 18.0. The van der Waals surface area contributed by atoms with Crippen molar-refractivity contribution in [2.75, 3.05) is 25.9 Å². The van der Waals surface area contributed by atoms with Crippen molar-refractivity contribution in [3.8, 4) is 0 Å². The highest BCUT2D eigenvalue weighted by molar-refractivity contribution is 7.98. The number of hydrogen-bond donors (Lipinski definition) is 1. The van der Waals surface area contributed by atoms with Crippen molar-refractivity contribution in [1.29, 1.82) is 0 Å². The molecule has 4 heterocycles. The van der Waals surface area contributed by atoms with Crippen molar-refractivity contribution in [2.24, 2.45) is 0 Å². The molecule has 0 saturated carbocycles. The second-order valence-corrected chi connectivity index (χ2v) is 12.2. The molecule has 1 amide bonds. The molecule has 7 heteroatoms. The number of likely N-dealkylation sites (tertiary alicyclic amines) is 1. The van der Waals surface area contributed by atoms with E-state index in [4.69, 9.17) is 4.98 Å². The summed E-state index contributed by atoms with van der Waals surface area (Å²) in [7, 11) is 0. The van der Waals surface area contributed by atoms with Gasteiger partial charge in [-0.2, -0.15) is 0 Å². The van der Waals surface area contributed by atoms with Crippen LogP contribution in [0.1, 0.15) is 62.4 Å². The Morgan fingerprint density at radius 1 is 1.03 bits per heavy atom. The van der Waals surface area contributed by atoms with Crippen LogP contribution in [0.15, 0.2) is 53.4 Å². The molecule has 6 nitrogen and oxygen atoms in total. The van der Waals surface area contributed by atoms with Gasteiger partial charge in [-0.25, -0.2) is 9.78 Å². The van der Waals surface area contributed by atoms with Crippen molar-refractivity contribution in [3.63, 3.8) is 0 Å². The van der Waals surface area contributed by atoms with Crippen LogP contribution in [0.25, 0.3) is 11.0 Å². The molecule has 0 spiro atoms. The van der Waals surface area contributed by atoms with Crippen LogP contribution in [0.4, 0.5) is 4.79 Å². The summed E-state index contributed by atoms with van der Waals surface area (Å²) >= 11 is 1.77. The van der Waals surface area contributed by atoms with Crippen LogP contribution in [0.5, 0.6) is 0 Å². The van der Waals surface area contributed by atoms with Crippen LogP contribution in [-0.2, 0) is 5.41 Å². The number of aromatic nitrogens is 2. The molecule has 3 aliphatic rings. The Morgan fingerprint density at radius 2 is 1.70 bits per heavy atom. The van der Waals surface area contributed by atoms with E-state index in [-0.39, 0.29) is 5.41 Å². The van der Waals surface area contributed by atoms with Crippen molar-refractivity contribution in [3.05, 3.63) is 59.9 Å². The zero-order valence-corrected chi connectivity index (χ0v) is 22.8. The summed E-state index contributed by atoms with van der Waals surface area (Å²) in [6.07, 6.45) is 9.21. The number of nitrogens with zero attached hydrogens (tertiary/aromatic N) is 4. The SMILES string of the molecule is CSc1ccc(C2(CCN3C4CCC3CC(n3c(C)nc5ccccc53)C4)CCN(C(=O)O)CC2)cc1. The maximum atomic E-state index is 11.6. The van der Waals surface area contributed by atoms with Gasteiger partial charge in [0.05, 0.1) is 11.0 Å². The van der Waals surface area contributed by atoms with Gasteiger partial charge in [0, 0.05) is 36.1 Å². The predicted octanol–water partition coefficient (Wildman–Crippen LogP) is 6.34. The van der Waals surface area contributed by atoms with E-state index in [0.29, 0.717) is 31.2 Å². The number of rotatable bonds is 6. The smallest absolute Gasteiger partial charge is 0.407 e. The van der Waals surface area contributed by atoms with E-state index in [0.717, 1.165) is 37.1 Å². The summed E-state index contributed by atoms with van der Waals surface area (Å²) in [5.74, 6) is 1.14. The molecule has 196 valence electrons. The normalized spacial score (nSPS) is 25.6. The van der Waals surface area contributed by atoms with Gasteiger partial charge in [0.15, 0.2) is 0 Å². The number of aryl methyl sites for hydroxylation is 1. The first-order valence-electron chi connectivity index (χ1n) is 13.8. The van der Waals surface area contributed by atoms with Crippen molar-refractivity contribution < 1.29 is 9.90 Å². The van der Waals surface area contributed by atoms with E-state index in [1.807, 2.05) is 0 Å². The number of imidazole rings is 1. The van der Waals surface area contributed by atoms with E-state index in [1.165, 1.54) is 41.7 Å². The molecule has 0 radical (unpaired) electrons. The molecule has 3 aromatic rings. The van der Waals surface area contributed by atoms with Crippen LogP contribution in [0.2, 0.25) is 0 Å². The Hall–Kier alpha value is -2.51. The number of hydrogen-bond acceptors (Lipinski definition) is 4. The molecule has 37 heavy (non-hydrogen) atoms. The van der Waals surface area contributed by atoms with Crippen LogP contribution >= 0.6 is 11.8 Å². The van der Waals surface area contributed by atoms with Crippen molar-refractivity contribution in [2.45, 2.75) is 80.3 Å². The van der Waals surface area contributed by atoms with Crippen LogP contribution < -0.4 is 0 Å². The Morgan fingerprint density at radius 3 is 2.35 bits per heavy atom. The van der Waals surface area contributed by atoms with Crippen LogP contribution in [0, 0.1) is 6.92 Å². The van der Waals surface area contributed by atoms with Gasteiger partial charge in [0.25, 0.3) is 0 Å². The molecule has 2 unspecified atom stereocenters. The average molecular weight is 519 g/mol. The molecular formula is C30H38N4O2S. The van der Waals surface area contributed by atoms with E-state index >= 15 is 0 Å². The number of carboxylic acid groups (broad SMARTS) is 1. The minimum absolute atomic E-state index is 0.0519. The molecule has 1 aromatic heterocycles. The van der Waals surface area contributed by atoms with Gasteiger partial charge in [-0.05, 0) is 99.9 Å². The highest BCUT2D eigenvalue weighted by Gasteiger charge is 2.44. The summed E-state index contributed by atoms with van der Waals surface area (Å²) in [4.78, 5) is 22.2. The monoisotopic (exact) mass is 518 g/mol. The van der Waals surface area contributed by atoms with Gasteiger partial charge >= 0.3 is 6.09 Å². The summed E-state index contributed by atoms with van der Waals surface area (Å²) in [5.41, 5.74) is 3.82. The molecule has 3 saturated heterocycles. The number of fused-ring (bicyclic) bond motifs is 3. The van der Waals surface area contributed by atoms with Gasteiger partial charge in [0.2, 0.25) is 0 Å². The van der Waals surface area contributed by atoms with E-state index in [9.17, 15) is 9.90 Å².